The van der Waals surface area contributed by atoms with E-state index >= 15 is 0 Å². The number of para-hydroxylation sites is 1. The third-order valence-corrected chi connectivity index (χ3v) is 4.47. The van der Waals surface area contributed by atoms with Crippen LogP contribution in [0.15, 0.2) is 48.7 Å². The predicted octanol–water partition coefficient (Wildman–Crippen LogP) is 3.30. The van der Waals surface area contributed by atoms with Crippen molar-refractivity contribution < 1.29 is 19.1 Å². The van der Waals surface area contributed by atoms with Crippen molar-refractivity contribution in [3.05, 3.63) is 65.4 Å². The molecule has 144 valence electrons. The van der Waals surface area contributed by atoms with E-state index in [-0.39, 0.29) is 0 Å². The molecule has 0 atom stereocenters. The van der Waals surface area contributed by atoms with Crippen LogP contribution in [0.2, 0.25) is 0 Å². The maximum Gasteiger partial charge on any atom is 0.340 e. The molecule has 3 rings (SSSR count). The largest absolute Gasteiger partial charge is 0.452 e. The number of carbonyl (C=O) groups excluding carboxylic acids is 3. The smallest absolute Gasteiger partial charge is 0.340 e. The highest BCUT2D eigenvalue weighted by atomic mass is 16.5. The zero-order valence-electron chi connectivity index (χ0n) is 15.9. The Kier molecular flexibility index (Phi) is 5.44. The Labute approximate surface area is 162 Å². The van der Waals surface area contributed by atoms with Crippen molar-refractivity contribution in [1.29, 1.82) is 0 Å². The van der Waals surface area contributed by atoms with Gasteiger partial charge >= 0.3 is 12.0 Å². The lowest BCUT2D eigenvalue weighted by Gasteiger charge is -2.09. The van der Waals surface area contributed by atoms with Crippen LogP contribution in [-0.2, 0) is 16.6 Å². The zero-order chi connectivity index (χ0) is 20.3. The second kappa shape index (κ2) is 7.96. The Morgan fingerprint density at radius 1 is 1.04 bits per heavy atom. The number of benzene rings is 2. The minimum atomic E-state index is -0.713. The van der Waals surface area contributed by atoms with Crippen LogP contribution in [0.4, 0.5) is 10.5 Å². The molecule has 3 aromatic rings. The molecule has 0 aliphatic heterocycles. The molecule has 1 aromatic heterocycles. The number of anilines is 1. The van der Waals surface area contributed by atoms with Gasteiger partial charge in [-0.15, -0.1) is 0 Å². The first-order chi connectivity index (χ1) is 13.3. The zero-order valence-corrected chi connectivity index (χ0v) is 15.9. The van der Waals surface area contributed by atoms with E-state index in [4.69, 9.17) is 4.74 Å². The van der Waals surface area contributed by atoms with E-state index in [1.807, 2.05) is 55.8 Å². The number of aromatic nitrogens is 1. The Morgan fingerprint density at radius 2 is 1.79 bits per heavy atom. The maximum absolute atomic E-state index is 12.3. The van der Waals surface area contributed by atoms with Crippen molar-refractivity contribution in [2.75, 3.05) is 11.9 Å². The summed E-state index contributed by atoms with van der Waals surface area (Å²) in [4.78, 5) is 36.1. The monoisotopic (exact) mass is 379 g/mol. The summed E-state index contributed by atoms with van der Waals surface area (Å²) in [6, 6.07) is 12.1. The van der Waals surface area contributed by atoms with Gasteiger partial charge in [-0.25, -0.2) is 9.59 Å². The SMILES string of the molecule is Cc1ccc(NC(=O)NC(=O)COC(=O)c2cn(C)c3ccccc23)cc1C. The second-order valence-corrected chi connectivity index (χ2v) is 6.55. The van der Waals surface area contributed by atoms with Gasteiger partial charge < -0.3 is 14.6 Å². The molecule has 0 spiro atoms. The molecule has 1 heterocycles. The lowest BCUT2D eigenvalue weighted by atomic mass is 10.1. The first-order valence-corrected chi connectivity index (χ1v) is 8.74. The first kappa shape index (κ1) is 19.2. The molecule has 0 aliphatic carbocycles. The molecular formula is C21H21N3O4. The molecule has 0 fully saturated rings. The summed E-state index contributed by atoms with van der Waals surface area (Å²) in [5.74, 6) is -1.34. The van der Waals surface area contributed by atoms with Gasteiger partial charge in [0.1, 0.15) is 0 Å². The Hall–Kier alpha value is -3.61. The average Bonchev–Trinajstić information content (AvgIpc) is 3.00. The number of ether oxygens (including phenoxy) is 1. The third kappa shape index (κ3) is 4.20. The average molecular weight is 379 g/mol. The van der Waals surface area contributed by atoms with Crippen LogP contribution in [0.25, 0.3) is 10.9 Å². The molecule has 7 heteroatoms. The van der Waals surface area contributed by atoms with Crippen LogP contribution in [0.5, 0.6) is 0 Å². The summed E-state index contributed by atoms with van der Waals surface area (Å²) >= 11 is 0. The van der Waals surface area contributed by atoms with Gasteiger partial charge in [0.05, 0.1) is 5.56 Å². The molecule has 0 aliphatic rings. The number of aryl methyl sites for hydroxylation is 3. The minimum Gasteiger partial charge on any atom is -0.452 e. The predicted molar refractivity (Wildman–Crippen MR) is 106 cm³/mol. The quantitative estimate of drug-likeness (QED) is 0.681. The van der Waals surface area contributed by atoms with Crippen LogP contribution in [0.1, 0.15) is 21.5 Å². The number of urea groups is 1. The topological polar surface area (TPSA) is 89.4 Å². The third-order valence-electron chi connectivity index (χ3n) is 4.47. The van der Waals surface area contributed by atoms with Crippen LogP contribution < -0.4 is 10.6 Å². The first-order valence-electron chi connectivity index (χ1n) is 8.74. The number of nitrogens with zero attached hydrogens (tertiary/aromatic N) is 1. The number of esters is 1. The highest BCUT2D eigenvalue weighted by molar-refractivity contribution is 6.06. The van der Waals surface area contributed by atoms with Crippen LogP contribution in [-0.4, -0.2) is 29.1 Å². The minimum absolute atomic E-state index is 0.366. The molecule has 7 nitrogen and oxygen atoms in total. The van der Waals surface area contributed by atoms with E-state index < -0.39 is 24.5 Å². The molecule has 2 aromatic carbocycles. The molecule has 0 bridgehead atoms. The van der Waals surface area contributed by atoms with Gasteiger partial charge in [-0.05, 0) is 43.2 Å². The van der Waals surface area contributed by atoms with Gasteiger partial charge in [0, 0.05) is 29.8 Å². The summed E-state index contributed by atoms with van der Waals surface area (Å²) in [6.07, 6.45) is 1.65. The summed E-state index contributed by atoms with van der Waals surface area (Å²) in [5.41, 5.74) is 3.94. The summed E-state index contributed by atoms with van der Waals surface area (Å²) in [7, 11) is 1.82. The van der Waals surface area contributed by atoms with Gasteiger partial charge in [0.2, 0.25) is 0 Å². The number of hydrogen-bond acceptors (Lipinski definition) is 4. The summed E-state index contributed by atoms with van der Waals surface area (Å²) in [6.45, 7) is 3.34. The van der Waals surface area contributed by atoms with E-state index in [0.29, 0.717) is 11.3 Å². The molecule has 0 saturated heterocycles. The van der Waals surface area contributed by atoms with E-state index in [0.717, 1.165) is 22.0 Å². The fraction of sp³-hybridized carbons (Fsp3) is 0.190. The van der Waals surface area contributed by atoms with E-state index in [1.54, 1.807) is 18.3 Å². The number of rotatable bonds is 4. The molecular weight excluding hydrogens is 358 g/mol. The van der Waals surface area contributed by atoms with Crippen molar-refractivity contribution in [2.45, 2.75) is 13.8 Å². The summed E-state index contributed by atoms with van der Waals surface area (Å²) in [5, 5.41) is 5.45. The van der Waals surface area contributed by atoms with Crippen molar-refractivity contribution in [3.63, 3.8) is 0 Å². The Balaban J connectivity index is 1.55. The Bertz CT molecular complexity index is 1070. The lowest BCUT2D eigenvalue weighted by Crippen LogP contribution is -2.37. The van der Waals surface area contributed by atoms with Crippen LogP contribution in [0, 0.1) is 13.8 Å². The van der Waals surface area contributed by atoms with E-state index in [1.165, 1.54) is 0 Å². The number of fused-ring (bicyclic) bond motifs is 1. The standard InChI is InChI=1S/C21H21N3O4/c1-13-8-9-15(10-14(13)2)22-21(27)23-19(25)12-28-20(26)17-11-24(3)18-7-5-4-6-16(17)18/h4-11H,12H2,1-3H3,(H2,22,23,25,27). The van der Waals surface area contributed by atoms with Gasteiger partial charge in [-0.3, -0.25) is 10.1 Å². The fourth-order valence-electron chi connectivity index (χ4n) is 2.86. The number of nitrogens with one attached hydrogen (secondary N) is 2. The van der Waals surface area contributed by atoms with Crippen molar-refractivity contribution in [2.24, 2.45) is 7.05 Å². The van der Waals surface area contributed by atoms with Crippen molar-refractivity contribution in [3.8, 4) is 0 Å². The second-order valence-electron chi connectivity index (χ2n) is 6.55. The molecule has 0 saturated carbocycles. The number of carbonyl (C=O) groups is 3. The molecule has 0 unspecified atom stereocenters. The Morgan fingerprint density at radius 3 is 2.54 bits per heavy atom. The molecule has 28 heavy (non-hydrogen) atoms. The van der Waals surface area contributed by atoms with Crippen molar-refractivity contribution in [1.82, 2.24) is 9.88 Å². The van der Waals surface area contributed by atoms with Crippen LogP contribution >= 0.6 is 0 Å². The number of amides is 3. The fourth-order valence-corrected chi connectivity index (χ4v) is 2.86. The number of hydrogen-bond donors (Lipinski definition) is 2. The molecule has 3 amide bonds. The van der Waals surface area contributed by atoms with Gasteiger partial charge in [-0.2, -0.15) is 0 Å². The van der Waals surface area contributed by atoms with E-state index in [9.17, 15) is 14.4 Å². The highest BCUT2D eigenvalue weighted by Gasteiger charge is 2.17. The highest BCUT2D eigenvalue weighted by Crippen LogP contribution is 2.21. The maximum atomic E-state index is 12.3. The number of imide groups is 1. The van der Waals surface area contributed by atoms with E-state index in [2.05, 4.69) is 10.6 Å². The lowest BCUT2D eigenvalue weighted by molar-refractivity contribution is -0.123. The van der Waals surface area contributed by atoms with Gasteiger partial charge in [-0.1, -0.05) is 24.3 Å². The summed E-state index contributed by atoms with van der Waals surface area (Å²) < 4.78 is 6.86. The van der Waals surface area contributed by atoms with Gasteiger partial charge in [0.25, 0.3) is 5.91 Å². The van der Waals surface area contributed by atoms with Gasteiger partial charge in [0.15, 0.2) is 6.61 Å². The van der Waals surface area contributed by atoms with Crippen LogP contribution in [0.3, 0.4) is 0 Å². The van der Waals surface area contributed by atoms with Crippen molar-refractivity contribution >= 4 is 34.5 Å². The normalized spacial score (nSPS) is 10.5. The molecule has 2 N–H and O–H groups in total. The molecule has 0 radical (unpaired) electrons.